The molecule has 14 heteroatoms. The topological polar surface area (TPSA) is 192 Å². The smallest absolute Gasteiger partial charge is 0.293 e. The van der Waals surface area contributed by atoms with Crippen LogP contribution in [0.25, 0.3) is 5.82 Å². The van der Waals surface area contributed by atoms with Gasteiger partial charge >= 0.3 is 0 Å². The first-order valence-corrected chi connectivity index (χ1v) is 10.1. The Labute approximate surface area is 196 Å². The molecule has 0 saturated carbocycles. The van der Waals surface area contributed by atoms with Gasteiger partial charge in [0.15, 0.2) is 5.69 Å². The van der Waals surface area contributed by atoms with E-state index in [0.29, 0.717) is 16.3 Å². The van der Waals surface area contributed by atoms with Crippen molar-refractivity contribution in [1.29, 1.82) is 0 Å². The van der Waals surface area contributed by atoms with E-state index in [2.05, 4.69) is 41.1 Å². The van der Waals surface area contributed by atoms with E-state index in [1.54, 1.807) is 48.5 Å². The Morgan fingerprint density at radius 2 is 2.00 bits per heavy atom. The average molecular weight is 481 g/mol. The summed E-state index contributed by atoms with van der Waals surface area (Å²) < 4.78 is 5.83. The number of anilines is 2. The molecular weight excluding hydrogens is 464 g/mol. The molecule has 4 aromatic rings. The molecule has 0 aliphatic heterocycles. The minimum Gasteiger partial charge on any atom is -0.379 e. The van der Waals surface area contributed by atoms with Gasteiger partial charge in [0.05, 0.1) is 24.0 Å². The second-order valence-electron chi connectivity index (χ2n) is 6.79. The fraction of sp³-hybridized carbons (Fsp3) is 0.0500. The van der Waals surface area contributed by atoms with Crippen molar-refractivity contribution in [3.8, 4) is 5.82 Å². The van der Waals surface area contributed by atoms with Crippen LogP contribution in [0.3, 0.4) is 0 Å². The lowest BCUT2D eigenvalue weighted by Gasteiger charge is -2.11. The number of benzene rings is 2. The van der Waals surface area contributed by atoms with Crippen LogP contribution in [0.15, 0.2) is 58.3 Å². The molecule has 2 aromatic carbocycles. The third-order valence-corrected chi connectivity index (χ3v) is 4.78. The molecule has 2 amide bonds. The summed E-state index contributed by atoms with van der Waals surface area (Å²) in [6.07, 6.45) is 1.43. The molecule has 2 aromatic heterocycles. The first kappa shape index (κ1) is 22.4. The van der Waals surface area contributed by atoms with Gasteiger partial charge in [-0.05, 0) is 40.1 Å². The largest absolute Gasteiger partial charge is 0.379 e. The van der Waals surface area contributed by atoms with Gasteiger partial charge in [-0.25, -0.2) is 10.1 Å². The highest BCUT2D eigenvalue weighted by Crippen LogP contribution is 2.19. The van der Waals surface area contributed by atoms with Crippen molar-refractivity contribution in [2.24, 2.45) is 10.8 Å². The molecule has 6 N–H and O–H groups in total. The maximum absolute atomic E-state index is 12.8. The van der Waals surface area contributed by atoms with Crippen molar-refractivity contribution in [2.45, 2.75) is 6.54 Å². The number of nitrogens with zero attached hydrogens (tertiary/aromatic N) is 6. The second-order valence-corrected chi connectivity index (χ2v) is 7.22. The zero-order valence-corrected chi connectivity index (χ0v) is 18.1. The number of amides is 2. The van der Waals surface area contributed by atoms with Crippen LogP contribution in [-0.4, -0.2) is 43.3 Å². The molecule has 2 heterocycles. The molecule has 0 aliphatic carbocycles. The first-order chi connectivity index (χ1) is 16.4. The molecule has 4 rings (SSSR count). The van der Waals surface area contributed by atoms with Gasteiger partial charge < -0.3 is 16.8 Å². The van der Waals surface area contributed by atoms with Crippen molar-refractivity contribution in [3.05, 3.63) is 76.1 Å². The van der Waals surface area contributed by atoms with Crippen molar-refractivity contribution >= 4 is 41.1 Å². The number of rotatable bonds is 8. The number of nitrogens with one attached hydrogen (secondary N) is 2. The number of primary amides is 1. The average Bonchev–Trinajstić information content (AvgIpc) is 3.43. The maximum Gasteiger partial charge on any atom is 0.293 e. The van der Waals surface area contributed by atoms with E-state index < -0.39 is 11.8 Å². The lowest BCUT2D eigenvalue weighted by molar-refractivity contribution is 0.0947. The van der Waals surface area contributed by atoms with Crippen LogP contribution in [0, 0.1) is 0 Å². The Morgan fingerprint density at radius 3 is 2.74 bits per heavy atom. The van der Waals surface area contributed by atoms with Crippen LogP contribution in [0.2, 0.25) is 5.02 Å². The SMILES string of the molecule is NC(=O)c1ccccc1NCc1c(C(=O)N/N=C\c2cccc(Cl)c2)nnn1-c1nonc1N. The van der Waals surface area contributed by atoms with Gasteiger partial charge in [0.25, 0.3) is 11.8 Å². The summed E-state index contributed by atoms with van der Waals surface area (Å²) in [6, 6.07) is 13.5. The number of aromatic nitrogens is 5. The molecule has 0 bridgehead atoms. The monoisotopic (exact) mass is 480 g/mol. The van der Waals surface area contributed by atoms with Crippen LogP contribution in [0.5, 0.6) is 0 Å². The maximum atomic E-state index is 12.8. The minimum atomic E-state index is -0.653. The number of halogens is 1. The van der Waals surface area contributed by atoms with Gasteiger partial charge in [0.2, 0.25) is 11.6 Å². The van der Waals surface area contributed by atoms with Crippen LogP contribution >= 0.6 is 11.6 Å². The number of nitrogens with two attached hydrogens (primary N) is 2. The van der Waals surface area contributed by atoms with E-state index in [1.807, 2.05) is 0 Å². The Hall–Kier alpha value is -4.78. The number of carbonyl (C=O) groups is 2. The van der Waals surface area contributed by atoms with E-state index in [-0.39, 0.29) is 35.1 Å². The fourth-order valence-electron chi connectivity index (χ4n) is 2.98. The van der Waals surface area contributed by atoms with Crippen LogP contribution < -0.4 is 22.2 Å². The summed E-state index contributed by atoms with van der Waals surface area (Å²) >= 11 is 5.95. The Bertz CT molecular complexity index is 1380. The molecule has 13 nitrogen and oxygen atoms in total. The van der Waals surface area contributed by atoms with Gasteiger partial charge in [-0.1, -0.05) is 41.1 Å². The number of hydrogen-bond donors (Lipinski definition) is 4. The number of nitrogen functional groups attached to an aromatic ring is 1. The van der Waals surface area contributed by atoms with Gasteiger partial charge in [0, 0.05) is 10.7 Å². The van der Waals surface area contributed by atoms with Crippen LogP contribution in [0.4, 0.5) is 11.5 Å². The molecule has 0 unspecified atom stereocenters. The zero-order valence-electron chi connectivity index (χ0n) is 17.3. The van der Waals surface area contributed by atoms with Gasteiger partial charge in [0.1, 0.15) is 0 Å². The quantitative estimate of drug-likeness (QED) is 0.213. The molecule has 0 fully saturated rings. The lowest BCUT2D eigenvalue weighted by atomic mass is 10.1. The summed E-state index contributed by atoms with van der Waals surface area (Å²) in [7, 11) is 0. The van der Waals surface area contributed by atoms with Gasteiger partial charge in [-0.3, -0.25) is 9.59 Å². The van der Waals surface area contributed by atoms with E-state index >= 15 is 0 Å². The molecule has 0 spiro atoms. The number of hydrazone groups is 1. The Morgan fingerprint density at radius 1 is 1.18 bits per heavy atom. The highest BCUT2D eigenvalue weighted by molar-refractivity contribution is 6.30. The van der Waals surface area contributed by atoms with Crippen molar-refractivity contribution in [1.82, 2.24) is 30.7 Å². The van der Waals surface area contributed by atoms with E-state index in [4.69, 9.17) is 23.1 Å². The summed E-state index contributed by atoms with van der Waals surface area (Å²) in [6.45, 7) is -0.00957. The molecule has 0 saturated heterocycles. The minimum absolute atomic E-state index is 0.00957. The number of para-hydroxylation sites is 1. The number of carbonyl (C=O) groups excluding carboxylic acids is 2. The Kier molecular flexibility index (Phi) is 6.45. The van der Waals surface area contributed by atoms with Gasteiger partial charge in [-0.15, -0.1) is 5.10 Å². The first-order valence-electron chi connectivity index (χ1n) is 9.68. The molecule has 0 aliphatic rings. The Balaban J connectivity index is 1.61. The predicted octanol–water partition coefficient (Wildman–Crippen LogP) is 1.36. The summed E-state index contributed by atoms with van der Waals surface area (Å²) in [5, 5.41) is 22.6. The molecule has 0 radical (unpaired) electrons. The summed E-state index contributed by atoms with van der Waals surface area (Å²) in [5.41, 5.74) is 15.2. The van der Waals surface area contributed by atoms with Crippen LogP contribution in [0.1, 0.15) is 32.1 Å². The van der Waals surface area contributed by atoms with E-state index in [9.17, 15) is 9.59 Å². The molecule has 34 heavy (non-hydrogen) atoms. The van der Waals surface area contributed by atoms with E-state index in [1.165, 1.54) is 10.9 Å². The molecule has 0 atom stereocenters. The molecular formula is C20H17ClN10O3. The standard InChI is InChI=1S/C20H17ClN10O3/c21-12-5-3-4-11(8-12)9-25-27-20(33)16-15(31(30-26-16)19-17(22)28-34-29-19)10-24-14-7-2-1-6-13(14)18(23)32/h1-9,24H,10H2,(H2,22,28)(H2,23,32)(H,27,33)/b25-9-. The third kappa shape index (κ3) is 4.83. The summed E-state index contributed by atoms with van der Waals surface area (Å²) in [5.74, 6) is -1.30. The van der Waals surface area contributed by atoms with E-state index in [0.717, 1.165) is 0 Å². The normalized spacial score (nSPS) is 11.0. The zero-order chi connectivity index (χ0) is 24.1. The highest BCUT2D eigenvalue weighted by atomic mass is 35.5. The molecule has 172 valence electrons. The van der Waals surface area contributed by atoms with Crippen molar-refractivity contribution in [2.75, 3.05) is 11.1 Å². The van der Waals surface area contributed by atoms with Gasteiger partial charge in [-0.2, -0.15) is 9.78 Å². The van der Waals surface area contributed by atoms with Crippen molar-refractivity contribution in [3.63, 3.8) is 0 Å². The fourth-order valence-corrected chi connectivity index (χ4v) is 3.18. The van der Waals surface area contributed by atoms with Crippen LogP contribution in [-0.2, 0) is 6.54 Å². The number of hydrogen-bond acceptors (Lipinski definition) is 10. The lowest BCUT2D eigenvalue weighted by Crippen LogP contribution is -2.22. The second kappa shape index (κ2) is 9.79. The summed E-state index contributed by atoms with van der Waals surface area (Å²) in [4.78, 5) is 24.5. The highest BCUT2D eigenvalue weighted by Gasteiger charge is 2.24. The predicted molar refractivity (Wildman–Crippen MR) is 122 cm³/mol. The van der Waals surface area contributed by atoms with Crippen molar-refractivity contribution < 1.29 is 14.2 Å². The third-order valence-electron chi connectivity index (χ3n) is 4.54.